The Kier molecular flexibility index (Phi) is 3.12. The zero-order valence-corrected chi connectivity index (χ0v) is 11.5. The van der Waals surface area contributed by atoms with Gasteiger partial charge in [0.05, 0.1) is 12.6 Å². The molecular formula is C16H14N3O2+. The number of quaternary nitrogens is 1. The summed E-state index contributed by atoms with van der Waals surface area (Å²) < 4.78 is 0.410. The molecule has 1 N–H and O–H groups in total. The second kappa shape index (κ2) is 4.96. The summed E-state index contributed by atoms with van der Waals surface area (Å²) in [5.74, 6) is -0.653. The molecule has 1 aromatic heterocycles. The summed E-state index contributed by atoms with van der Waals surface area (Å²) in [6.07, 6.45) is 5.66. The molecule has 1 aromatic carbocycles. The van der Waals surface area contributed by atoms with Gasteiger partial charge in [-0.3, -0.25) is 14.6 Å². The maximum absolute atomic E-state index is 11.4. The Morgan fingerprint density at radius 1 is 1.19 bits per heavy atom. The smallest absolute Gasteiger partial charge is 0.288 e. The molecule has 104 valence electrons. The van der Waals surface area contributed by atoms with Crippen LogP contribution in [-0.2, 0) is 9.59 Å². The fourth-order valence-electron chi connectivity index (χ4n) is 2.63. The van der Waals surface area contributed by atoms with Gasteiger partial charge in [-0.15, -0.1) is 0 Å². The van der Waals surface area contributed by atoms with Crippen LogP contribution in [0, 0.1) is 0 Å². The third-order valence-electron chi connectivity index (χ3n) is 3.65. The van der Waals surface area contributed by atoms with E-state index in [0.29, 0.717) is 10.2 Å². The zero-order valence-electron chi connectivity index (χ0n) is 11.5. The lowest BCUT2D eigenvalue weighted by Crippen LogP contribution is -2.31. The summed E-state index contributed by atoms with van der Waals surface area (Å²) in [5, 5.41) is 2.63. The van der Waals surface area contributed by atoms with Gasteiger partial charge in [0.15, 0.2) is 5.69 Å². The molecule has 1 unspecified atom stereocenters. The molecular weight excluding hydrogens is 266 g/mol. The van der Waals surface area contributed by atoms with Crippen molar-refractivity contribution in [2.24, 2.45) is 0 Å². The highest BCUT2D eigenvalue weighted by atomic mass is 16.2. The van der Waals surface area contributed by atoms with Gasteiger partial charge in [-0.25, -0.2) is 4.48 Å². The Hall–Kier alpha value is -2.79. The van der Waals surface area contributed by atoms with Crippen molar-refractivity contribution in [2.75, 3.05) is 7.05 Å². The molecule has 1 amide bonds. The van der Waals surface area contributed by atoms with E-state index < -0.39 is 5.91 Å². The standard InChI is InChI=1S/C16H13N3O2/c1-19(12-6-8-17-9-7-12)10-14(18-16(21)11-20)13-4-2-3-5-15(13)19/h2-11H,1H3/p+1. The highest BCUT2D eigenvalue weighted by Gasteiger charge is 2.37. The van der Waals surface area contributed by atoms with E-state index in [2.05, 4.69) is 10.3 Å². The maximum Gasteiger partial charge on any atom is 0.288 e. The molecule has 0 radical (unpaired) electrons. The van der Waals surface area contributed by atoms with Gasteiger partial charge >= 0.3 is 0 Å². The van der Waals surface area contributed by atoms with E-state index in [0.717, 1.165) is 16.9 Å². The number of aldehydes is 1. The minimum absolute atomic E-state index is 0.276. The van der Waals surface area contributed by atoms with E-state index in [1.54, 1.807) is 12.4 Å². The first-order valence-electron chi connectivity index (χ1n) is 6.51. The van der Waals surface area contributed by atoms with Crippen LogP contribution in [-0.4, -0.2) is 24.2 Å². The van der Waals surface area contributed by atoms with Gasteiger partial charge in [-0.2, -0.15) is 0 Å². The number of benzene rings is 1. The van der Waals surface area contributed by atoms with E-state index in [4.69, 9.17) is 0 Å². The summed E-state index contributed by atoms with van der Waals surface area (Å²) in [6.45, 7) is 0. The normalized spacial score (nSPS) is 19.6. The van der Waals surface area contributed by atoms with Gasteiger partial charge in [-0.05, 0) is 6.07 Å². The SMILES string of the molecule is C[N+]1(c2ccncc2)C=C(NC(=O)C=O)c2ccccc21. The Balaban J connectivity index is 2.14. The Labute approximate surface area is 122 Å². The first kappa shape index (κ1) is 13.2. The van der Waals surface area contributed by atoms with E-state index in [1.165, 1.54) is 0 Å². The number of rotatable bonds is 3. The van der Waals surface area contributed by atoms with Gasteiger partial charge in [0, 0.05) is 30.6 Å². The molecule has 5 heteroatoms. The Morgan fingerprint density at radius 3 is 2.62 bits per heavy atom. The largest absolute Gasteiger partial charge is 0.315 e. The number of para-hydroxylation sites is 1. The van der Waals surface area contributed by atoms with Crippen molar-refractivity contribution in [1.82, 2.24) is 14.8 Å². The highest BCUT2D eigenvalue weighted by Crippen LogP contribution is 2.43. The van der Waals surface area contributed by atoms with Crippen molar-refractivity contribution in [3.63, 3.8) is 0 Å². The molecule has 3 rings (SSSR count). The van der Waals surface area contributed by atoms with Crippen molar-refractivity contribution < 1.29 is 9.59 Å². The molecule has 0 saturated heterocycles. The summed E-state index contributed by atoms with van der Waals surface area (Å²) in [5.41, 5.74) is 3.60. The molecule has 1 atom stereocenters. The molecule has 0 bridgehead atoms. The van der Waals surface area contributed by atoms with Crippen LogP contribution >= 0.6 is 0 Å². The first-order chi connectivity index (χ1) is 10.1. The molecule has 5 nitrogen and oxygen atoms in total. The predicted octanol–water partition coefficient (Wildman–Crippen LogP) is 1.98. The van der Waals surface area contributed by atoms with Gasteiger partial charge in [0.2, 0.25) is 6.29 Å². The van der Waals surface area contributed by atoms with E-state index in [-0.39, 0.29) is 6.29 Å². The van der Waals surface area contributed by atoms with Crippen molar-refractivity contribution in [1.29, 1.82) is 0 Å². The van der Waals surface area contributed by atoms with Crippen LogP contribution in [0.15, 0.2) is 55.0 Å². The number of carbonyl (C=O) groups excluding carboxylic acids is 2. The van der Waals surface area contributed by atoms with Crippen LogP contribution < -0.4 is 9.80 Å². The third kappa shape index (κ3) is 2.13. The van der Waals surface area contributed by atoms with Crippen molar-refractivity contribution in [3.8, 4) is 0 Å². The third-order valence-corrected chi connectivity index (χ3v) is 3.65. The molecule has 0 saturated carbocycles. The van der Waals surface area contributed by atoms with Crippen LogP contribution in [0.2, 0.25) is 0 Å². The second-order valence-electron chi connectivity index (χ2n) is 4.95. The van der Waals surface area contributed by atoms with Crippen LogP contribution in [0.4, 0.5) is 11.4 Å². The number of fused-ring (bicyclic) bond motifs is 1. The Bertz CT molecular complexity index is 740. The number of aromatic nitrogens is 1. The number of hydrogen-bond acceptors (Lipinski definition) is 3. The van der Waals surface area contributed by atoms with E-state index >= 15 is 0 Å². The minimum Gasteiger partial charge on any atom is -0.315 e. The maximum atomic E-state index is 11.4. The molecule has 0 aliphatic carbocycles. The predicted molar refractivity (Wildman–Crippen MR) is 80.2 cm³/mol. The van der Waals surface area contributed by atoms with Gasteiger partial charge in [0.25, 0.3) is 5.91 Å². The number of nitrogens with one attached hydrogen (secondary N) is 1. The minimum atomic E-state index is -0.653. The summed E-state index contributed by atoms with van der Waals surface area (Å²) in [7, 11) is 2.02. The molecule has 2 aromatic rings. The molecule has 21 heavy (non-hydrogen) atoms. The first-order valence-corrected chi connectivity index (χ1v) is 6.51. The average Bonchev–Trinajstić information content (AvgIpc) is 2.82. The monoisotopic (exact) mass is 280 g/mol. The number of pyridine rings is 1. The molecule has 0 spiro atoms. The second-order valence-corrected chi connectivity index (χ2v) is 4.95. The van der Waals surface area contributed by atoms with E-state index in [9.17, 15) is 9.59 Å². The fraction of sp³-hybridized carbons (Fsp3) is 0.0625. The quantitative estimate of drug-likeness (QED) is 0.531. The van der Waals surface area contributed by atoms with Gasteiger partial charge in [-0.1, -0.05) is 12.1 Å². The van der Waals surface area contributed by atoms with Crippen LogP contribution in [0.5, 0.6) is 0 Å². The van der Waals surface area contributed by atoms with Crippen molar-refractivity contribution in [2.45, 2.75) is 0 Å². The van der Waals surface area contributed by atoms with E-state index in [1.807, 2.05) is 49.6 Å². The molecule has 1 aliphatic rings. The fourth-order valence-corrected chi connectivity index (χ4v) is 2.63. The number of hydrogen-bond donors (Lipinski definition) is 1. The molecule has 2 heterocycles. The van der Waals surface area contributed by atoms with Gasteiger partial charge < -0.3 is 5.32 Å². The van der Waals surface area contributed by atoms with Crippen LogP contribution in [0.25, 0.3) is 5.70 Å². The molecule has 0 fully saturated rings. The lowest BCUT2D eigenvalue weighted by molar-refractivity contribution is -0.130. The van der Waals surface area contributed by atoms with Crippen molar-refractivity contribution >= 4 is 29.3 Å². The Morgan fingerprint density at radius 2 is 1.90 bits per heavy atom. The summed E-state index contributed by atoms with van der Waals surface area (Å²) in [4.78, 5) is 26.0. The molecule has 1 aliphatic heterocycles. The highest BCUT2D eigenvalue weighted by molar-refractivity contribution is 6.26. The van der Waals surface area contributed by atoms with Crippen molar-refractivity contribution in [3.05, 3.63) is 60.6 Å². The van der Waals surface area contributed by atoms with Crippen LogP contribution in [0.3, 0.4) is 0 Å². The summed E-state index contributed by atoms with van der Waals surface area (Å²) >= 11 is 0. The number of carbonyl (C=O) groups is 2. The zero-order chi connectivity index (χ0) is 14.9. The van der Waals surface area contributed by atoms with Gasteiger partial charge in [0.1, 0.15) is 17.6 Å². The average molecular weight is 280 g/mol. The summed E-state index contributed by atoms with van der Waals surface area (Å²) in [6, 6.07) is 11.6. The lowest BCUT2D eigenvalue weighted by atomic mass is 10.1. The lowest BCUT2D eigenvalue weighted by Gasteiger charge is -2.26. The van der Waals surface area contributed by atoms with Crippen LogP contribution in [0.1, 0.15) is 5.56 Å². The number of nitrogens with zero attached hydrogens (tertiary/aromatic N) is 2. The number of amides is 1. The topological polar surface area (TPSA) is 59.1 Å².